The summed E-state index contributed by atoms with van der Waals surface area (Å²) in [5, 5.41) is 2.28. The molecule has 4 nitrogen and oxygen atoms in total. The Labute approximate surface area is 495 Å². The van der Waals surface area contributed by atoms with E-state index >= 15 is 0 Å². The third kappa shape index (κ3) is 9.58. The number of aromatic nitrogens is 4. The van der Waals surface area contributed by atoms with Crippen molar-refractivity contribution in [1.29, 1.82) is 0 Å². The number of hydrogen-bond donors (Lipinski definition) is 0. The molecule has 0 unspecified atom stereocenters. The van der Waals surface area contributed by atoms with Crippen LogP contribution in [0.1, 0.15) is 0 Å². The summed E-state index contributed by atoms with van der Waals surface area (Å²) in [5.74, 6) is 1.76. The number of rotatable bonds is 12. The van der Waals surface area contributed by atoms with Gasteiger partial charge in [-0.3, -0.25) is 0 Å². The summed E-state index contributed by atoms with van der Waals surface area (Å²) in [4.78, 5) is 16.1. The molecule has 0 saturated carbocycles. The summed E-state index contributed by atoms with van der Waals surface area (Å²) in [5.41, 5.74) is 23.6. The minimum atomic E-state index is 0.568. The van der Waals surface area contributed by atoms with Gasteiger partial charge in [-0.15, -0.1) is 0 Å². The van der Waals surface area contributed by atoms with Crippen LogP contribution in [0.5, 0.6) is 0 Å². The topological polar surface area (TPSA) is 43.6 Å². The SMILES string of the molecule is c1ccc(-c2ccc(-c3cc(-c4nc(-c5ccccc5)nc(-c5ccccc5)n4)cc(-c4ccc(-c5ccccc5)cc4)c3-n3c4c(-c5ccccc5)c(-c5ccccc5)ccc4c4ccc(-c5ccccc5)c(-c5ccccc5)c43)cc2)cc1. The molecule has 0 saturated heterocycles. The lowest BCUT2D eigenvalue weighted by Crippen LogP contribution is -2.06. The Hall–Kier alpha value is -11.3. The molecular weight excluding hydrogens is 1030 g/mol. The molecule has 15 aromatic rings. The maximum Gasteiger partial charge on any atom is 0.164 e. The summed E-state index contributed by atoms with van der Waals surface area (Å²) in [6, 6.07) is 118. The second kappa shape index (κ2) is 22.2. The molecule has 0 fully saturated rings. The molecule has 0 aliphatic heterocycles. The van der Waals surface area contributed by atoms with E-state index in [1.165, 1.54) is 0 Å². The highest BCUT2D eigenvalue weighted by molar-refractivity contribution is 6.22. The van der Waals surface area contributed by atoms with Crippen molar-refractivity contribution >= 4 is 21.8 Å². The maximum atomic E-state index is 5.44. The van der Waals surface area contributed by atoms with E-state index in [2.05, 4.69) is 296 Å². The fourth-order valence-electron chi connectivity index (χ4n) is 12.3. The zero-order valence-corrected chi connectivity index (χ0v) is 46.5. The predicted molar refractivity (Wildman–Crippen MR) is 354 cm³/mol. The molecule has 0 atom stereocenters. The van der Waals surface area contributed by atoms with Gasteiger partial charge in [0.1, 0.15) is 0 Å². The summed E-state index contributed by atoms with van der Waals surface area (Å²) in [6.45, 7) is 0. The molecule has 4 heteroatoms. The van der Waals surface area contributed by atoms with Gasteiger partial charge in [-0.2, -0.15) is 0 Å². The van der Waals surface area contributed by atoms with E-state index in [1.54, 1.807) is 0 Å². The Balaban J connectivity index is 1.15. The van der Waals surface area contributed by atoms with E-state index in [9.17, 15) is 0 Å². The normalized spacial score (nSPS) is 11.3. The Kier molecular flexibility index (Phi) is 13.2. The zero-order valence-electron chi connectivity index (χ0n) is 46.5. The predicted octanol–water partition coefficient (Wildman–Crippen LogP) is 21.3. The molecule has 0 bridgehead atoms. The van der Waals surface area contributed by atoms with Crippen LogP contribution >= 0.6 is 0 Å². The number of benzene rings is 13. The lowest BCUT2D eigenvalue weighted by atomic mass is 9.89. The standard InChI is InChI=1S/C81H54N4/c1-9-25-55(26-10-1)57-41-45-61(46-42-57)72-53-67(81-83-79(65-37-21-7-22-38-65)82-80(84-81)66-39-23-8-24-40-66)54-73(62-47-43-58(44-48-62)56-27-11-2-12-28-56)76(72)85-77-70(51-49-68(59-29-13-3-14-30-59)74(77)63-33-17-5-18-34-63)71-52-50-69(60-31-15-4-16-32-60)75(78(71)85)64-35-19-6-20-36-64/h1-54H. The van der Waals surface area contributed by atoms with Crippen molar-refractivity contribution in [2.24, 2.45) is 0 Å². The minimum Gasteiger partial charge on any atom is -0.307 e. The summed E-state index contributed by atoms with van der Waals surface area (Å²) in [7, 11) is 0. The second-order valence-corrected chi connectivity index (χ2v) is 21.4. The average molecular weight is 1080 g/mol. The van der Waals surface area contributed by atoms with Crippen LogP contribution in [0.25, 0.3) is 151 Å². The first-order valence-corrected chi connectivity index (χ1v) is 28.9. The van der Waals surface area contributed by atoms with Crippen LogP contribution in [0.4, 0.5) is 0 Å². The molecule has 0 aliphatic rings. The van der Waals surface area contributed by atoms with Crippen LogP contribution in [-0.2, 0) is 0 Å². The largest absolute Gasteiger partial charge is 0.307 e. The molecule has 2 heterocycles. The monoisotopic (exact) mass is 1080 g/mol. The Morgan fingerprint density at radius 3 is 0.765 bits per heavy atom. The van der Waals surface area contributed by atoms with E-state index in [1.807, 2.05) is 36.4 Å². The van der Waals surface area contributed by atoms with Crippen molar-refractivity contribution in [2.45, 2.75) is 0 Å². The molecule has 85 heavy (non-hydrogen) atoms. The quantitative estimate of drug-likeness (QED) is 0.122. The molecule has 15 rings (SSSR count). The van der Waals surface area contributed by atoms with E-state index in [-0.39, 0.29) is 0 Å². The molecule has 13 aromatic carbocycles. The van der Waals surface area contributed by atoms with Crippen molar-refractivity contribution in [3.63, 3.8) is 0 Å². The fraction of sp³-hybridized carbons (Fsp3) is 0. The van der Waals surface area contributed by atoms with Crippen LogP contribution < -0.4 is 0 Å². The smallest absolute Gasteiger partial charge is 0.164 e. The van der Waals surface area contributed by atoms with Gasteiger partial charge >= 0.3 is 0 Å². The first-order valence-electron chi connectivity index (χ1n) is 28.9. The lowest BCUT2D eigenvalue weighted by Gasteiger charge is -2.24. The zero-order chi connectivity index (χ0) is 56.5. The van der Waals surface area contributed by atoms with Crippen molar-refractivity contribution in [1.82, 2.24) is 19.5 Å². The summed E-state index contributed by atoms with van der Waals surface area (Å²) >= 11 is 0. The lowest BCUT2D eigenvalue weighted by molar-refractivity contribution is 1.07. The molecule has 0 aliphatic carbocycles. The Morgan fingerprint density at radius 2 is 0.435 bits per heavy atom. The molecule has 0 spiro atoms. The van der Waals surface area contributed by atoms with Crippen molar-refractivity contribution in [3.05, 3.63) is 328 Å². The molecule has 2 aromatic heterocycles. The third-order valence-electron chi connectivity index (χ3n) is 16.3. The third-order valence-corrected chi connectivity index (χ3v) is 16.3. The maximum absolute atomic E-state index is 5.44. The molecule has 0 amide bonds. The van der Waals surface area contributed by atoms with E-state index in [0.717, 1.165) is 133 Å². The Morgan fingerprint density at radius 1 is 0.188 bits per heavy atom. The van der Waals surface area contributed by atoms with Gasteiger partial charge in [-0.05, 0) is 78.9 Å². The first-order chi connectivity index (χ1) is 42.2. The molecule has 0 N–H and O–H groups in total. The molecule has 398 valence electrons. The van der Waals surface area contributed by atoms with Gasteiger partial charge < -0.3 is 4.57 Å². The highest BCUT2D eigenvalue weighted by Crippen LogP contribution is 2.52. The van der Waals surface area contributed by atoms with Crippen molar-refractivity contribution in [2.75, 3.05) is 0 Å². The van der Waals surface area contributed by atoms with Crippen molar-refractivity contribution < 1.29 is 0 Å². The fourth-order valence-corrected chi connectivity index (χ4v) is 12.3. The summed E-state index contributed by atoms with van der Waals surface area (Å²) in [6.07, 6.45) is 0. The van der Waals surface area contributed by atoms with E-state index in [0.29, 0.717) is 17.5 Å². The van der Waals surface area contributed by atoms with Crippen LogP contribution in [0, 0.1) is 0 Å². The van der Waals surface area contributed by atoms with Gasteiger partial charge in [0.15, 0.2) is 17.5 Å². The van der Waals surface area contributed by atoms with Gasteiger partial charge in [0.2, 0.25) is 0 Å². The summed E-state index contributed by atoms with van der Waals surface area (Å²) < 4.78 is 2.64. The van der Waals surface area contributed by atoms with Crippen LogP contribution in [0.15, 0.2) is 328 Å². The van der Waals surface area contributed by atoms with Crippen LogP contribution in [0.3, 0.4) is 0 Å². The molecule has 0 radical (unpaired) electrons. The van der Waals surface area contributed by atoms with Gasteiger partial charge in [-0.1, -0.05) is 315 Å². The van der Waals surface area contributed by atoms with Gasteiger partial charge in [-0.25, -0.2) is 15.0 Å². The van der Waals surface area contributed by atoms with Gasteiger partial charge in [0.05, 0.1) is 16.7 Å². The average Bonchev–Trinajstić information content (AvgIpc) is 1.63. The first kappa shape index (κ1) is 50.6. The van der Waals surface area contributed by atoms with Crippen LogP contribution in [-0.4, -0.2) is 19.5 Å². The van der Waals surface area contributed by atoms with Crippen LogP contribution in [0.2, 0.25) is 0 Å². The Bertz CT molecular complexity index is 4540. The van der Waals surface area contributed by atoms with Gasteiger partial charge in [0, 0.05) is 49.7 Å². The van der Waals surface area contributed by atoms with Gasteiger partial charge in [0.25, 0.3) is 0 Å². The van der Waals surface area contributed by atoms with Crippen molar-refractivity contribution in [3.8, 4) is 129 Å². The number of fused-ring (bicyclic) bond motifs is 3. The molecular formula is C81H54N4. The number of nitrogens with zero attached hydrogens (tertiary/aromatic N) is 4. The van der Waals surface area contributed by atoms with E-state index in [4.69, 9.17) is 15.0 Å². The second-order valence-electron chi connectivity index (χ2n) is 21.4. The number of hydrogen-bond acceptors (Lipinski definition) is 3. The highest BCUT2D eigenvalue weighted by Gasteiger charge is 2.29. The van der Waals surface area contributed by atoms with E-state index < -0.39 is 0 Å². The highest BCUT2D eigenvalue weighted by atomic mass is 15.0. The minimum absolute atomic E-state index is 0.568.